The van der Waals surface area contributed by atoms with E-state index in [9.17, 15) is 0 Å². The number of hydrogen-bond acceptors (Lipinski definition) is 2. The molecule has 0 fully saturated rings. The third kappa shape index (κ3) is 5.60. The molecule has 0 atom stereocenters. The van der Waals surface area contributed by atoms with Crippen molar-refractivity contribution in [2.45, 2.75) is 27.2 Å². The van der Waals surface area contributed by atoms with Gasteiger partial charge in [0.25, 0.3) is 0 Å². The Hall–Kier alpha value is -0.530. The first-order valence-electron chi connectivity index (χ1n) is 3.61. The van der Waals surface area contributed by atoms with Gasteiger partial charge in [-0.25, -0.2) is 0 Å². The quantitative estimate of drug-likeness (QED) is 0.436. The van der Waals surface area contributed by atoms with E-state index >= 15 is 0 Å². The normalized spacial score (nSPS) is 12.3. The number of rotatable bonds is 4. The highest BCUT2D eigenvalue weighted by atomic mass is 16.6. The van der Waals surface area contributed by atoms with Crippen molar-refractivity contribution in [3.05, 3.63) is 6.92 Å². The van der Waals surface area contributed by atoms with Crippen LogP contribution in [0.4, 0.5) is 0 Å². The van der Waals surface area contributed by atoms with Gasteiger partial charge in [0.15, 0.2) is 0 Å². The first-order chi connectivity index (χ1) is 4.66. The maximum absolute atomic E-state index is 5.00. The summed E-state index contributed by atoms with van der Waals surface area (Å²) < 4.78 is 0. The smallest absolute Gasteiger partial charge is 0.119 e. The Morgan fingerprint density at radius 2 is 2.20 bits per heavy atom. The topological polar surface area (TPSA) is 21.6 Å². The van der Waals surface area contributed by atoms with Crippen LogP contribution in [0.1, 0.15) is 27.2 Å². The second-order valence-electron chi connectivity index (χ2n) is 2.77. The molecular weight excluding hydrogens is 126 g/mol. The standard InChI is InChI=1S/C8H16NO/c1-5-8(4)9-10-6-7(2)3/h7H,1,5-6H2,2-4H3. The molecule has 0 unspecified atom stereocenters. The molecule has 0 saturated carbocycles. The molecule has 10 heavy (non-hydrogen) atoms. The van der Waals surface area contributed by atoms with Gasteiger partial charge in [0.1, 0.15) is 6.61 Å². The maximum Gasteiger partial charge on any atom is 0.119 e. The highest BCUT2D eigenvalue weighted by molar-refractivity contribution is 5.81. The van der Waals surface area contributed by atoms with Crippen LogP contribution in [0.5, 0.6) is 0 Å². The van der Waals surface area contributed by atoms with E-state index in [1.165, 1.54) is 0 Å². The zero-order chi connectivity index (χ0) is 7.98. The summed E-state index contributed by atoms with van der Waals surface area (Å²) in [5.74, 6) is 0.543. The van der Waals surface area contributed by atoms with Crippen LogP contribution in [-0.4, -0.2) is 12.3 Å². The van der Waals surface area contributed by atoms with E-state index in [2.05, 4.69) is 25.9 Å². The molecule has 0 bridgehead atoms. The van der Waals surface area contributed by atoms with Crippen LogP contribution in [-0.2, 0) is 4.84 Å². The molecule has 0 aromatic rings. The van der Waals surface area contributed by atoms with E-state index < -0.39 is 0 Å². The molecule has 0 amide bonds. The molecule has 0 aromatic carbocycles. The fourth-order valence-corrected chi connectivity index (χ4v) is 0.342. The first-order valence-corrected chi connectivity index (χ1v) is 3.61. The van der Waals surface area contributed by atoms with Gasteiger partial charge in [0.2, 0.25) is 0 Å². The van der Waals surface area contributed by atoms with E-state index in [0.717, 1.165) is 12.1 Å². The SMILES string of the molecule is [CH2]CC(C)=NOCC(C)C. The average molecular weight is 142 g/mol. The van der Waals surface area contributed by atoms with Crippen molar-refractivity contribution < 1.29 is 4.84 Å². The monoisotopic (exact) mass is 142 g/mol. The largest absolute Gasteiger partial charge is 0.396 e. The second kappa shape index (κ2) is 5.27. The van der Waals surface area contributed by atoms with E-state index in [1.807, 2.05) is 6.92 Å². The fraction of sp³-hybridized carbons (Fsp3) is 0.750. The van der Waals surface area contributed by atoms with Crippen LogP contribution < -0.4 is 0 Å². The van der Waals surface area contributed by atoms with Crippen molar-refractivity contribution in [1.82, 2.24) is 0 Å². The molecule has 0 N–H and O–H groups in total. The Bertz CT molecular complexity index is 108. The van der Waals surface area contributed by atoms with Crippen molar-refractivity contribution in [3.63, 3.8) is 0 Å². The van der Waals surface area contributed by atoms with Gasteiger partial charge in [0, 0.05) is 0 Å². The van der Waals surface area contributed by atoms with E-state index in [4.69, 9.17) is 4.84 Å². The summed E-state index contributed by atoms with van der Waals surface area (Å²) in [6, 6.07) is 0. The summed E-state index contributed by atoms with van der Waals surface area (Å²) in [6.07, 6.45) is 0.720. The molecule has 2 heteroatoms. The molecule has 0 rings (SSSR count). The third-order valence-corrected chi connectivity index (χ3v) is 0.990. The molecule has 0 aromatic heterocycles. The van der Waals surface area contributed by atoms with Gasteiger partial charge in [-0.1, -0.05) is 19.0 Å². The lowest BCUT2D eigenvalue weighted by molar-refractivity contribution is 0.118. The van der Waals surface area contributed by atoms with Crippen molar-refractivity contribution in [2.24, 2.45) is 11.1 Å². The average Bonchev–Trinajstić information content (AvgIpc) is 1.87. The molecule has 0 saturated heterocycles. The summed E-state index contributed by atoms with van der Waals surface area (Å²) in [4.78, 5) is 5.00. The van der Waals surface area contributed by atoms with E-state index in [0.29, 0.717) is 12.5 Å². The molecule has 0 aliphatic rings. The lowest BCUT2D eigenvalue weighted by Gasteiger charge is -2.02. The van der Waals surface area contributed by atoms with Gasteiger partial charge >= 0.3 is 0 Å². The van der Waals surface area contributed by atoms with Crippen LogP contribution in [0.2, 0.25) is 0 Å². The third-order valence-electron chi connectivity index (χ3n) is 0.990. The molecule has 0 aliphatic carbocycles. The summed E-state index contributed by atoms with van der Waals surface area (Å²) in [5, 5.41) is 3.84. The predicted molar refractivity (Wildman–Crippen MR) is 43.9 cm³/mol. The molecular formula is C8H16NO. The van der Waals surface area contributed by atoms with E-state index in [1.54, 1.807) is 0 Å². The van der Waals surface area contributed by atoms with Gasteiger partial charge in [-0.05, 0) is 26.2 Å². The Balaban J connectivity index is 3.34. The minimum absolute atomic E-state index is 0.543. The zero-order valence-electron chi connectivity index (χ0n) is 7.05. The maximum atomic E-state index is 5.00. The fourth-order valence-electron chi connectivity index (χ4n) is 0.342. The summed E-state index contributed by atoms with van der Waals surface area (Å²) in [7, 11) is 0. The van der Waals surface area contributed by atoms with Crippen molar-refractivity contribution in [2.75, 3.05) is 6.61 Å². The second-order valence-corrected chi connectivity index (χ2v) is 2.77. The molecule has 59 valence electrons. The molecule has 0 spiro atoms. The Labute approximate surface area is 63.3 Å². The highest BCUT2D eigenvalue weighted by Crippen LogP contribution is 1.93. The Morgan fingerprint density at radius 3 is 2.60 bits per heavy atom. The molecule has 0 aliphatic heterocycles. The molecule has 0 heterocycles. The predicted octanol–water partition coefficient (Wildman–Crippen LogP) is 2.26. The van der Waals surface area contributed by atoms with Gasteiger partial charge in [-0.2, -0.15) is 0 Å². The van der Waals surface area contributed by atoms with Gasteiger partial charge < -0.3 is 4.84 Å². The Morgan fingerprint density at radius 1 is 1.60 bits per heavy atom. The highest BCUT2D eigenvalue weighted by Gasteiger charge is 1.91. The molecule has 2 nitrogen and oxygen atoms in total. The minimum atomic E-state index is 0.543. The summed E-state index contributed by atoms with van der Waals surface area (Å²) in [5.41, 5.74) is 0.945. The van der Waals surface area contributed by atoms with Crippen molar-refractivity contribution in [3.8, 4) is 0 Å². The summed E-state index contributed by atoms with van der Waals surface area (Å²) >= 11 is 0. The van der Waals surface area contributed by atoms with Gasteiger partial charge in [-0.3, -0.25) is 0 Å². The van der Waals surface area contributed by atoms with Crippen LogP contribution in [0.25, 0.3) is 0 Å². The van der Waals surface area contributed by atoms with Crippen LogP contribution in [0.3, 0.4) is 0 Å². The zero-order valence-corrected chi connectivity index (χ0v) is 7.05. The van der Waals surface area contributed by atoms with Crippen LogP contribution >= 0.6 is 0 Å². The molecule has 1 radical (unpaired) electrons. The number of nitrogens with zero attached hydrogens (tertiary/aromatic N) is 1. The lowest BCUT2D eigenvalue weighted by Crippen LogP contribution is -1.99. The first kappa shape index (κ1) is 9.47. The number of hydrogen-bond donors (Lipinski definition) is 0. The summed E-state index contributed by atoms with van der Waals surface area (Å²) in [6.45, 7) is 10.5. The van der Waals surface area contributed by atoms with Crippen LogP contribution in [0, 0.1) is 12.8 Å². The van der Waals surface area contributed by atoms with Crippen molar-refractivity contribution >= 4 is 5.71 Å². The number of oxime groups is 1. The van der Waals surface area contributed by atoms with Crippen LogP contribution in [0.15, 0.2) is 5.16 Å². The van der Waals surface area contributed by atoms with Gasteiger partial charge in [-0.15, -0.1) is 0 Å². The van der Waals surface area contributed by atoms with E-state index in [-0.39, 0.29) is 0 Å². The van der Waals surface area contributed by atoms with Gasteiger partial charge in [0.05, 0.1) is 5.71 Å². The lowest BCUT2D eigenvalue weighted by atomic mass is 10.2. The van der Waals surface area contributed by atoms with Crippen molar-refractivity contribution in [1.29, 1.82) is 0 Å². The minimum Gasteiger partial charge on any atom is -0.396 e. The Kier molecular flexibility index (Phi) is 4.99.